The minimum Gasteiger partial charge on any atom is -0.271 e. The van der Waals surface area contributed by atoms with Crippen molar-refractivity contribution in [3.63, 3.8) is 0 Å². The van der Waals surface area contributed by atoms with Crippen LogP contribution in [0.25, 0.3) is 0 Å². The third-order valence-electron chi connectivity index (χ3n) is 1.73. The highest BCUT2D eigenvalue weighted by Crippen LogP contribution is 2.22. The van der Waals surface area contributed by atoms with Crippen LogP contribution in [0.3, 0.4) is 0 Å². The van der Waals surface area contributed by atoms with Gasteiger partial charge >= 0.3 is 0 Å². The minimum atomic E-state index is -3.88. The fourth-order valence-corrected chi connectivity index (χ4v) is 2.43. The molecule has 0 fully saturated rings. The van der Waals surface area contributed by atoms with E-state index in [9.17, 15) is 16.8 Å². The van der Waals surface area contributed by atoms with E-state index in [-0.39, 0.29) is 10.6 Å². The molecule has 0 aliphatic heterocycles. The quantitative estimate of drug-likeness (QED) is 0.790. The van der Waals surface area contributed by atoms with E-state index < -0.39 is 19.3 Å². The molecule has 0 heterocycles. The Morgan fingerprint density at radius 3 is 2.19 bits per heavy atom. The van der Waals surface area contributed by atoms with Gasteiger partial charge in [0.15, 0.2) is 0 Å². The zero-order valence-corrected chi connectivity index (χ0v) is 10.5. The summed E-state index contributed by atoms with van der Waals surface area (Å²) in [5.41, 5.74) is 0.599. The van der Waals surface area contributed by atoms with E-state index in [1.165, 1.54) is 25.1 Å². The first-order chi connectivity index (χ1) is 7.09. The first-order valence-corrected chi connectivity index (χ1v) is 7.81. The van der Waals surface area contributed by atoms with E-state index in [0.29, 0.717) is 5.56 Å². The summed E-state index contributed by atoms with van der Waals surface area (Å²) >= 11 is 0. The van der Waals surface area contributed by atoms with Crippen LogP contribution >= 0.6 is 10.7 Å². The van der Waals surface area contributed by atoms with E-state index in [1.807, 2.05) is 4.72 Å². The highest BCUT2D eigenvalue weighted by atomic mass is 35.7. The molecule has 0 unspecified atom stereocenters. The summed E-state index contributed by atoms with van der Waals surface area (Å²) in [6.45, 7) is 1.53. The lowest BCUT2D eigenvalue weighted by atomic mass is 10.2. The number of hydrogen-bond donors (Lipinski definition) is 2. The molecular weight excluding hydrogens is 276 g/mol. The van der Waals surface area contributed by atoms with Gasteiger partial charge < -0.3 is 0 Å². The van der Waals surface area contributed by atoms with Crippen LogP contribution < -0.4 is 9.86 Å². The van der Waals surface area contributed by atoms with Gasteiger partial charge in [-0.15, -0.1) is 0 Å². The molecule has 6 nitrogen and oxygen atoms in total. The van der Waals surface area contributed by atoms with Gasteiger partial charge in [0.2, 0.25) is 0 Å². The molecule has 90 valence electrons. The molecule has 9 heteroatoms. The molecule has 0 aromatic heterocycles. The van der Waals surface area contributed by atoms with E-state index in [2.05, 4.69) is 0 Å². The number of anilines is 1. The van der Waals surface area contributed by atoms with Crippen LogP contribution in [-0.4, -0.2) is 16.8 Å². The van der Waals surface area contributed by atoms with Crippen LogP contribution in [0.1, 0.15) is 5.56 Å². The lowest BCUT2D eigenvalue weighted by molar-refractivity contribution is 0.602. The second kappa shape index (κ2) is 4.21. The van der Waals surface area contributed by atoms with E-state index in [1.54, 1.807) is 0 Å². The van der Waals surface area contributed by atoms with Gasteiger partial charge in [0.25, 0.3) is 19.3 Å². The van der Waals surface area contributed by atoms with Crippen molar-refractivity contribution in [2.45, 2.75) is 11.8 Å². The molecule has 1 aromatic carbocycles. The number of hydrogen-bond acceptors (Lipinski definition) is 4. The van der Waals surface area contributed by atoms with Crippen LogP contribution in [0.5, 0.6) is 0 Å². The van der Waals surface area contributed by atoms with Gasteiger partial charge in [-0.1, -0.05) is 0 Å². The SMILES string of the molecule is Cc1cc(S(=O)(=O)Cl)ccc1NS(N)(=O)=O. The van der Waals surface area contributed by atoms with Gasteiger partial charge in [-0.2, -0.15) is 8.42 Å². The number of nitrogens with two attached hydrogens (primary N) is 1. The third-order valence-corrected chi connectivity index (χ3v) is 3.59. The van der Waals surface area contributed by atoms with Crippen LogP contribution in [0, 0.1) is 6.92 Å². The van der Waals surface area contributed by atoms with Crippen molar-refractivity contribution in [2.24, 2.45) is 5.14 Å². The summed E-state index contributed by atoms with van der Waals surface area (Å²) in [7, 11) is -2.58. The number of halogens is 1. The molecule has 0 saturated carbocycles. The predicted octanol–water partition coefficient (Wildman–Crippen LogP) is 0.538. The number of rotatable bonds is 3. The zero-order chi connectivity index (χ0) is 12.6. The summed E-state index contributed by atoms with van der Waals surface area (Å²) < 4.78 is 45.5. The van der Waals surface area contributed by atoms with Gasteiger partial charge in [0.1, 0.15) is 0 Å². The van der Waals surface area contributed by atoms with Crippen molar-refractivity contribution in [2.75, 3.05) is 4.72 Å². The van der Waals surface area contributed by atoms with Crippen LogP contribution in [0.4, 0.5) is 5.69 Å². The highest BCUT2D eigenvalue weighted by molar-refractivity contribution is 8.13. The maximum atomic E-state index is 11.0. The fourth-order valence-electron chi connectivity index (χ4n) is 1.06. The minimum absolute atomic E-state index is 0.105. The lowest BCUT2D eigenvalue weighted by Gasteiger charge is -2.07. The molecule has 0 amide bonds. The largest absolute Gasteiger partial charge is 0.296 e. The first-order valence-electron chi connectivity index (χ1n) is 3.95. The summed E-state index contributed by atoms with van der Waals surface area (Å²) in [6.07, 6.45) is 0. The molecule has 1 rings (SSSR count). The van der Waals surface area contributed by atoms with E-state index >= 15 is 0 Å². The Kier molecular flexibility index (Phi) is 3.48. The highest BCUT2D eigenvalue weighted by Gasteiger charge is 2.12. The summed E-state index contributed by atoms with van der Waals surface area (Å²) in [4.78, 5) is -0.105. The van der Waals surface area contributed by atoms with E-state index in [4.69, 9.17) is 15.8 Å². The number of nitrogens with one attached hydrogen (secondary N) is 1. The van der Waals surface area contributed by atoms with Crippen molar-refractivity contribution in [3.8, 4) is 0 Å². The number of aryl methyl sites for hydroxylation is 1. The van der Waals surface area contributed by atoms with Crippen molar-refractivity contribution in [1.29, 1.82) is 0 Å². The Labute approximate surface area is 98.0 Å². The standard InChI is InChI=1S/C7H9ClN2O4S2/c1-5-4-6(15(8,11)12)2-3-7(5)10-16(9,13)14/h2-4,10H,1H3,(H2,9,13,14). The van der Waals surface area contributed by atoms with Gasteiger partial charge in [-0.3, -0.25) is 4.72 Å². The second-order valence-electron chi connectivity index (χ2n) is 3.06. The Morgan fingerprint density at radius 2 is 1.81 bits per heavy atom. The average molecular weight is 285 g/mol. The van der Waals surface area contributed by atoms with Crippen molar-refractivity contribution >= 4 is 35.6 Å². The molecular formula is C7H9ClN2O4S2. The monoisotopic (exact) mass is 284 g/mol. The van der Waals surface area contributed by atoms with Crippen LogP contribution in [0.15, 0.2) is 23.1 Å². The first kappa shape index (κ1) is 13.2. The Morgan fingerprint density at radius 1 is 1.25 bits per heavy atom. The molecule has 0 aliphatic carbocycles. The third kappa shape index (κ3) is 3.63. The number of benzene rings is 1. The van der Waals surface area contributed by atoms with Crippen LogP contribution in [-0.2, 0) is 19.3 Å². The van der Waals surface area contributed by atoms with E-state index in [0.717, 1.165) is 0 Å². The predicted molar refractivity (Wildman–Crippen MR) is 60.9 cm³/mol. The molecule has 0 atom stereocenters. The smallest absolute Gasteiger partial charge is 0.271 e. The van der Waals surface area contributed by atoms with Gasteiger partial charge in [0, 0.05) is 10.7 Å². The summed E-state index contributed by atoms with van der Waals surface area (Å²) in [6, 6.07) is 3.70. The lowest BCUT2D eigenvalue weighted by Crippen LogP contribution is -2.22. The summed E-state index contributed by atoms with van der Waals surface area (Å²) in [5.74, 6) is 0. The topological polar surface area (TPSA) is 106 Å². The molecule has 0 bridgehead atoms. The molecule has 0 aliphatic rings. The Balaban J connectivity index is 3.21. The molecule has 1 aromatic rings. The Hall–Kier alpha value is -0.830. The normalized spacial score (nSPS) is 12.4. The maximum Gasteiger partial charge on any atom is 0.296 e. The molecule has 0 spiro atoms. The molecule has 3 N–H and O–H groups in total. The van der Waals surface area contributed by atoms with Gasteiger partial charge in [-0.25, -0.2) is 13.6 Å². The molecule has 0 saturated heterocycles. The zero-order valence-electron chi connectivity index (χ0n) is 8.14. The van der Waals surface area contributed by atoms with Gasteiger partial charge in [-0.05, 0) is 30.7 Å². The Bertz CT molecular complexity index is 609. The van der Waals surface area contributed by atoms with Crippen molar-refractivity contribution in [3.05, 3.63) is 23.8 Å². The van der Waals surface area contributed by atoms with Crippen molar-refractivity contribution < 1.29 is 16.8 Å². The van der Waals surface area contributed by atoms with Crippen LogP contribution in [0.2, 0.25) is 0 Å². The average Bonchev–Trinajstić information content (AvgIpc) is 2.04. The molecule has 16 heavy (non-hydrogen) atoms. The summed E-state index contributed by atoms with van der Waals surface area (Å²) in [5, 5.41) is 4.78. The second-order valence-corrected chi connectivity index (χ2v) is 6.92. The molecule has 0 radical (unpaired) electrons. The maximum absolute atomic E-state index is 11.0. The fraction of sp³-hybridized carbons (Fsp3) is 0.143. The van der Waals surface area contributed by atoms with Crippen molar-refractivity contribution in [1.82, 2.24) is 0 Å². The van der Waals surface area contributed by atoms with Gasteiger partial charge in [0.05, 0.1) is 10.6 Å².